The molecule has 0 bridgehead atoms. The van der Waals surface area contributed by atoms with Gasteiger partial charge in [-0.1, -0.05) is 41.9 Å². The van der Waals surface area contributed by atoms with Crippen LogP contribution in [0.1, 0.15) is 11.1 Å². The molecule has 0 unspecified atom stereocenters. The Morgan fingerprint density at radius 1 is 1.00 bits per heavy atom. The van der Waals surface area contributed by atoms with E-state index >= 15 is 0 Å². The third-order valence-electron chi connectivity index (χ3n) is 3.21. The number of H-pyrrole nitrogens is 1. The summed E-state index contributed by atoms with van der Waals surface area (Å²) in [6.07, 6.45) is 1.88. The first kappa shape index (κ1) is 14.2. The summed E-state index contributed by atoms with van der Waals surface area (Å²) in [5.74, 6) is -0.0978. The molecule has 2 aromatic carbocycles. The van der Waals surface area contributed by atoms with Crippen LogP contribution in [0.5, 0.6) is 0 Å². The highest BCUT2D eigenvalue weighted by molar-refractivity contribution is 6.31. The molecule has 6 heteroatoms. The van der Waals surface area contributed by atoms with Crippen LogP contribution in [0.3, 0.4) is 0 Å². The molecule has 0 saturated heterocycles. The molecule has 0 amide bonds. The summed E-state index contributed by atoms with van der Waals surface area (Å²) in [5, 5.41) is 9.65. The van der Waals surface area contributed by atoms with Crippen molar-refractivity contribution in [1.82, 2.24) is 4.98 Å². The fraction of sp³-hybridized carbons (Fsp3) is 0. The molecule has 0 aliphatic rings. The Balaban J connectivity index is 2.22. The number of benzene rings is 2. The van der Waals surface area contributed by atoms with E-state index in [4.69, 9.17) is 23.1 Å². The molecule has 5 nitrogen and oxygen atoms in total. The monoisotopic (exact) mass is 311 g/mol. The summed E-state index contributed by atoms with van der Waals surface area (Å²) >= 11 is 6.08. The van der Waals surface area contributed by atoms with E-state index in [9.17, 15) is 0 Å². The van der Waals surface area contributed by atoms with Crippen LogP contribution < -0.4 is 11.5 Å². The fourth-order valence-corrected chi connectivity index (χ4v) is 2.47. The lowest BCUT2D eigenvalue weighted by Crippen LogP contribution is -2.22. The quantitative estimate of drug-likeness (QED) is 0.394. The number of para-hydroxylation sites is 1. The number of hydrogen-bond acceptors (Lipinski definition) is 2. The molecule has 0 aliphatic carbocycles. The van der Waals surface area contributed by atoms with Gasteiger partial charge in [-0.05, 0) is 18.2 Å². The van der Waals surface area contributed by atoms with Crippen molar-refractivity contribution in [1.29, 1.82) is 0 Å². The van der Waals surface area contributed by atoms with Crippen LogP contribution in [0.15, 0.2) is 64.9 Å². The highest BCUT2D eigenvalue weighted by Gasteiger charge is 2.13. The van der Waals surface area contributed by atoms with Crippen LogP contribution in [-0.4, -0.2) is 16.7 Å². The SMILES string of the molecule is NC(N)=NN=C(c1cccc(Cl)c1)c1c[nH]c2ccccc12. The zero-order valence-corrected chi connectivity index (χ0v) is 12.4. The van der Waals surface area contributed by atoms with Gasteiger partial charge >= 0.3 is 0 Å². The summed E-state index contributed by atoms with van der Waals surface area (Å²) in [6, 6.07) is 15.3. The summed E-state index contributed by atoms with van der Waals surface area (Å²) < 4.78 is 0. The maximum Gasteiger partial charge on any atom is 0.211 e. The smallest absolute Gasteiger partial charge is 0.211 e. The van der Waals surface area contributed by atoms with Crippen LogP contribution in [-0.2, 0) is 0 Å². The second-order valence-corrected chi connectivity index (χ2v) is 5.17. The Bertz CT molecular complexity index is 875. The van der Waals surface area contributed by atoms with E-state index in [1.165, 1.54) is 0 Å². The molecule has 110 valence electrons. The van der Waals surface area contributed by atoms with Crippen molar-refractivity contribution in [2.24, 2.45) is 21.7 Å². The van der Waals surface area contributed by atoms with Gasteiger partial charge in [-0.15, -0.1) is 10.2 Å². The Morgan fingerprint density at radius 3 is 2.59 bits per heavy atom. The van der Waals surface area contributed by atoms with E-state index in [2.05, 4.69) is 15.2 Å². The number of nitrogens with zero attached hydrogens (tertiary/aromatic N) is 2. The van der Waals surface area contributed by atoms with E-state index in [1.54, 1.807) is 6.07 Å². The molecule has 0 spiro atoms. The molecule has 0 fully saturated rings. The molecular weight excluding hydrogens is 298 g/mol. The molecule has 3 aromatic rings. The number of fused-ring (bicyclic) bond motifs is 1. The fourth-order valence-electron chi connectivity index (χ4n) is 2.28. The summed E-state index contributed by atoms with van der Waals surface area (Å²) in [6.45, 7) is 0. The van der Waals surface area contributed by atoms with E-state index < -0.39 is 0 Å². The molecular formula is C16H14ClN5. The van der Waals surface area contributed by atoms with Gasteiger partial charge in [-0.3, -0.25) is 0 Å². The van der Waals surface area contributed by atoms with E-state index in [-0.39, 0.29) is 5.96 Å². The van der Waals surface area contributed by atoms with Gasteiger partial charge in [-0.2, -0.15) is 0 Å². The predicted molar refractivity (Wildman–Crippen MR) is 91.2 cm³/mol. The Kier molecular flexibility index (Phi) is 3.80. The average Bonchev–Trinajstić information content (AvgIpc) is 2.92. The van der Waals surface area contributed by atoms with Crippen molar-refractivity contribution in [2.75, 3.05) is 0 Å². The van der Waals surface area contributed by atoms with Crippen LogP contribution in [0, 0.1) is 0 Å². The molecule has 22 heavy (non-hydrogen) atoms. The zero-order valence-electron chi connectivity index (χ0n) is 11.6. The number of nitrogens with two attached hydrogens (primary N) is 2. The topological polar surface area (TPSA) is 92.6 Å². The number of rotatable bonds is 3. The Labute approximate surface area is 132 Å². The predicted octanol–water partition coefficient (Wildman–Crippen LogP) is 2.85. The third-order valence-corrected chi connectivity index (χ3v) is 3.44. The van der Waals surface area contributed by atoms with Gasteiger partial charge in [0.15, 0.2) is 0 Å². The summed E-state index contributed by atoms with van der Waals surface area (Å²) in [5.41, 5.74) is 14.2. The highest BCUT2D eigenvalue weighted by atomic mass is 35.5. The number of guanidine groups is 1. The van der Waals surface area contributed by atoms with Crippen LogP contribution >= 0.6 is 11.6 Å². The molecule has 0 aliphatic heterocycles. The average molecular weight is 312 g/mol. The second kappa shape index (κ2) is 5.91. The highest BCUT2D eigenvalue weighted by Crippen LogP contribution is 2.23. The van der Waals surface area contributed by atoms with Gasteiger partial charge < -0.3 is 16.5 Å². The minimum atomic E-state index is -0.0978. The molecule has 3 rings (SSSR count). The first-order chi connectivity index (χ1) is 10.6. The van der Waals surface area contributed by atoms with Gasteiger partial charge in [0.2, 0.25) is 5.96 Å². The summed E-state index contributed by atoms with van der Waals surface area (Å²) in [4.78, 5) is 3.22. The van der Waals surface area contributed by atoms with Crippen molar-refractivity contribution in [3.63, 3.8) is 0 Å². The molecule has 1 aromatic heterocycles. The summed E-state index contributed by atoms with van der Waals surface area (Å²) in [7, 11) is 0. The zero-order chi connectivity index (χ0) is 15.5. The lowest BCUT2D eigenvalue weighted by molar-refractivity contribution is 1.20. The standard InChI is InChI=1S/C16H14ClN5/c17-11-5-3-4-10(8-11)15(21-22-16(18)19)13-9-20-14-7-2-1-6-12(13)14/h1-9,20H,(H4,18,19,22). The minimum absolute atomic E-state index is 0.0978. The van der Waals surface area contributed by atoms with E-state index in [0.29, 0.717) is 10.7 Å². The maximum absolute atomic E-state index is 6.08. The van der Waals surface area contributed by atoms with Crippen molar-refractivity contribution in [2.45, 2.75) is 0 Å². The number of aromatic amines is 1. The molecule has 0 radical (unpaired) electrons. The van der Waals surface area contributed by atoms with Gasteiger partial charge in [0, 0.05) is 33.2 Å². The molecule has 0 atom stereocenters. The maximum atomic E-state index is 6.08. The van der Waals surface area contributed by atoms with Crippen molar-refractivity contribution in [3.8, 4) is 0 Å². The van der Waals surface area contributed by atoms with Crippen molar-refractivity contribution >= 4 is 34.2 Å². The van der Waals surface area contributed by atoms with Crippen LogP contribution in [0.25, 0.3) is 10.9 Å². The van der Waals surface area contributed by atoms with E-state index in [1.807, 2.05) is 48.7 Å². The first-order valence-corrected chi connectivity index (χ1v) is 7.02. The molecule has 1 heterocycles. The largest absolute Gasteiger partial charge is 0.369 e. The third kappa shape index (κ3) is 2.80. The van der Waals surface area contributed by atoms with Crippen LogP contribution in [0.2, 0.25) is 5.02 Å². The molecule has 5 N–H and O–H groups in total. The first-order valence-electron chi connectivity index (χ1n) is 6.64. The Hall–Kier alpha value is -2.79. The number of nitrogens with one attached hydrogen (secondary N) is 1. The van der Waals surface area contributed by atoms with Crippen molar-refractivity contribution in [3.05, 3.63) is 70.9 Å². The van der Waals surface area contributed by atoms with E-state index in [0.717, 1.165) is 22.0 Å². The number of aromatic nitrogens is 1. The Morgan fingerprint density at radius 2 is 1.82 bits per heavy atom. The van der Waals surface area contributed by atoms with Gasteiger partial charge in [0.1, 0.15) is 5.71 Å². The lowest BCUT2D eigenvalue weighted by Gasteiger charge is -2.05. The minimum Gasteiger partial charge on any atom is -0.369 e. The normalized spacial score (nSPS) is 11.6. The molecule has 0 saturated carbocycles. The van der Waals surface area contributed by atoms with Gasteiger partial charge in [-0.25, -0.2) is 0 Å². The van der Waals surface area contributed by atoms with Gasteiger partial charge in [0.05, 0.1) is 0 Å². The number of halogens is 1. The van der Waals surface area contributed by atoms with Crippen molar-refractivity contribution < 1.29 is 0 Å². The number of hydrogen-bond donors (Lipinski definition) is 3. The van der Waals surface area contributed by atoms with Gasteiger partial charge in [0.25, 0.3) is 0 Å². The second-order valence-electron chi connectivity index (χ2n) is 4.73. The van der Waals surface area contributed by atoms with Crippen LogP contribution in [0.4, 0.5) is 0 Å². The lowest BCUT2D eigenvalue weighted by atomic mass is 10.0.